The minimum absolute atomic E-state index is 0.293. The average molecular weight is 446 g/mol. The molecule has 8 heteroatoms. The molecule has 168 valence electrons. The van der Waals surface area contributed by atoms with Crippen molar-refractivity contribution in [3.63, 3.8) is 0 Å². The SMILES string of the molecule is CNC(=O)[C@@H](C)N(CCc1ccccc1)C(=O)CN(c1cccc(C)c1C)S(C)(=O)=O. The Morgan fingerprint density at radius 1 is 1.03 bits per heavy atom. The van der Waals surface area contributed by atoms with Gasteiger partial charge in [0.25, 0.3) is 0 Å². The molecule has 2 aromatic carbocycles. The van der Waals surface area contributed by atoms with Crippen molar-refractivity contribution in [2.45, 2.75) is 33.2 Å². The zero-order valence-electron chi connectivity index (χ0n) is 18.8. The summed E-state index contributed by atoms with van der Waals surface area (Å²) in [5, 5.41) is 2.57. The van der Waals surface area contributed by atoms with Gasteiger partial charge in [0.05, 0.1) is 11.9 Å². The quantitative estimate of drug-likeness (QED) is 0.642. The fourth-order valence-corrected chi connectivity index (χ4v) is 4.28. The molecule has 0 aliphatic rings. The molecule has 0 aromatic heterocycles. The first kappa shape index (κ1) is 24.4. The molecule has 0 saturated heterocycles. The van der Waals surface area contributed by atoms with E-state index in [2.05, 4.69) is 5.32 Å². The van der Waals surface area contributed by atoms with Gasteiger partial charge in [0.15, 0.2) is 0 Å². The number of benzene rings is 2. The van der Waals surface area contributed by atoms with Gasteiger partial charge in [-0.05, 0) is 49.9 Å². The second kappa shape index (κ2) is 10.4. The number of amides is 2. The summed E-state index contributed by atoms with van der Waals surface area (Å²) in [7, 11) is -2.21. The lowest BCUT2D eigenvalue weighted by Crippen LogP contribution is -2.51. The third kappa shape index (κ3) is 6.30. The molecule has 0 fully saturated rings. The first-order chi connectivity index (χ1) is 14.6. The van der Waals surface area contributed by atoms with Crippen LogP contribution in [0.3, 0.4) is 0 Å². The normalized spacial score (nSPS) is 12.2. The van der Waals surface area contributed by atoms with E-state index in [1.807, 2.05) is 50.2 Å². The van der Waals surface area contributed by atoms with E-state index in [4.69, 9.17) is 0 Å². The van der Waals surface area contributed by atoms with Gasteiger partial charge in [-0.15, -0.1) is 0 Å². The van der Waals surface area contributed by atoms with Crippen LogP contribution in [0.2, 0.25) is 0 Å². The molecule has 1 N–H and O–H groups in total. The van der Waals surface area contributed by atoms with Gasteiger partial charge in [-0.25, -0.2) is 8.42 Å². The fraction of sp³-hybridized carbons (Fsp3) is 0.391. The van der Waals surface area contributed by atoms with E-state index in [1.54, 1.807) is 19.1 Å². The summed E-state index contributed by atoms with van der Waals surface area (Å²) in [6.45, 7) is 5.28. The average Bonchev–Trinajstić information content (AvgIpc) is 2.73. The number of sulfonamides is 1. The monoisotopic (exact) mass is 445 g/mol. The van der Waals surface area contributed by atoms with Crippen molar-refractivity contribution in [3.8, 4) is 0 Å². The topological polar surface area (TPSA) is 86.8 Å². The van der Waals surface area contributed by atoms with E-state index in [-0.39, 0.29) is 12.5 Å². The van der Waals surface area contributed by atoms with Gasteiger partial charge in [-0.1, -0.05) is 42.5 Å². The van der Waals surface area contributed by atoms with E-state index in [1.165, 1.54) is 11.9 Å². The molecule has 0 heterocycles. The van der Waals surface area contributed by atoms with E-state index in [0.717, 1.165) is 27.3 Å². The molecular formula is C23H31N3O4S. The first-order valence-electron chi connectivity index (χ1n) is 10.1. The summed E-state index contributed by atoms with van der Waals surface area (Å²) in [4.78, 5) is 27.0. The summed E-state index contributed by atoms with van der Waals surface area (Å²) >= 11 is 0. The van der Waals surface area contributed by atoms with E-state index < -0.39 is 22.0 Å². The molecule has 0 aliphatic carbocycles. The van der Waals surface area contributed by atoms with Crippen LogP contribution in [0, 0.1) is 13.8 Å². The number of anilines is 1. The summed E-state index contributed by atoms with van der Waals surface area (Å²) in [6, 6.07) is 14.2. The number of rotatable bonds is 9. The maximum Gasteiger partial charge on any atom is 0.244 e. The Bertz CT molecular complexity index is 1020. The summed E-state index contributed by atoms with van der Waals surface area (Å²) in [5.41, 5.74) is 3.21. The highest BCUT2D eigenvalue weighted by Crippen LogP contribution is 2.25. The van der Waals surface area contributed by atoms with Crippen molar-refractivity contribution in [2.75, 3.05) is 30.7 Å². The molecule has 2 aromatic rings. The Morgan fingerprint density at radius 3 is 2.26 bits per heavy atom. The highest BCUT2D eigenvalue weighted by molar-refractivity contribution is 7.92. The maximum atomic E-state index is 13.3. The minimum atomic E-state index is -3.72. The first-order valence-corrected chi connectivity index (χ1v) is 12.0. The molecule has 2 amide bonds. The smallest absolute Gasteiger partial charge is 0.244 e. The standard InChI is InChI=1S/C23H31N3O4S/c1-17-10-9-13-21(18(17)2)26(31(5,29)30)16-22(27)25(19(3)23(28)24-4)15-14-20-11-7-6-8-12-20/h6-13,19H,14-16H2,1-5H3,(H,24,28)/t19-/m1/s1. The van der Waals surface area contributed by atoms with Gasteiger partial charge in [-0.3, -0.25) is 13.9 Å². The second-order valence-electron chi connectivity index (χ2n) is 7.60. The van der Waals surface area contributed by atoms with E-state index in [0.29, 0.717) is 18.7 Å². The molecular weight excluding hydrogens is 414 g/mol. The summed E-state index contributed by atoms with van der Waals surface area (Å²) in [5.74, 6) is -0.739. The van der Waals surface area contributed by atoms with Crippen molar-refractivity contribution >= 4 is 27.5 Å². The number of likely N-dealkylation sites (N-methyl/N-ethyl adjacent to an activating group) is 1. The Balaban J connectivity index is 2.34. The van der Waals surface area contributed by atoms with Crippen LogP contribution < -0.4 is 9.62 Å². The largest absolute Gasteiger partial charge is 0.357 e. The van der Waals surface area contributed by atoms with Gasteiger partial charge >= 0.3 is 0 Å². The predicted molar refractivity (Wildman–Crippen MR) is 123 cm³/mol. The van der Waals surface area contributed by atoms with E-state index >= 15 is 0 Å². The van der Waals surface area contributed by atoms with Crippen LogP contribution in [0.15, 0.2) is 48.5 Å². The van der Waals surface area contributed by atoms with Crippen molar-refractivity contribution in [3.05, 3.63) is 65.2 Å². The van der Waals surface area contributed by atoms with Crippen LogP contribution in [0.4, 0.5) is 5.69 Å². The van der Waals surface area contributed by atoms with Gasteiger partial charge < -0.3 is 10.2 Å². The molecule has 7 nitrogen and oxygen atoms in total. The fourth-order valence-electron chi connectivity index (χ4n) is 3.38. The Kier molecular flexibility index (Phi) is 8.21. The molecule has 31 heavy (non-hydrogen) atoms. The third-order valence-corrected chi connectivity index (χ3v) is 6.55. The zero-order chi connectivity index (χ0) is 23.2. The van der Waals surface area contributed by atoms with Gasteiger partial charge in [0.1, 0.15) is 12.6 Å². The van der Waals surface area contributed by atoms with Crippen LogP contribution in [0.1, 0.15) is 23.6 Å². The summed E-state index contributed by atoms with van der Waals surface area (Å²) in [6.07, 6.45) is 1.63. The van der Waals surface area contributed by atoms with Gasteiger partial charge in [0, 0.05) is 13.6 Å². The molecule has 0 unspecified atom stereocenters. The molecule has 0 aliphatic heterocycles. The number of carbonyl (C=O) groups excluding carboxylic acids is 2. The minimum Gasteiger partial charge on any atom is -0.357 e. The van der Waals surface area contributed by atoms with Crippen molar-refractivity contribution in [1.29, 1.82) is 0 Å². The number of hydrogen-bond donors (Lipinski definition) is 1. The van der Waals surface area contributed by atoms with Crippen LogP contribution in [0.5, 0.6) is 0 Å². The zero-order valence-corrected chi connectivity index (χ0v) is 19.6. The molecule has 0 spiro atoms. The van der Waals surface area contributed by atoms with Gasteiger partial charge in [-0.2, -0.15) is 0 Å². The van der Waals surface area contributed by atoms with Gasteiger partial charge in [0.2, 0.25) is 21.8 Å². The lowest BCUT2D eigenvalue weighted by atomic mass is 10.1. The highest BCUT2D eigenvalue weighted by atomic mass is 32.2. The van der Waals surface area contributed by atoms with Crippen molar-refractivity contribution < 1.29 is 18.0 Å². The van der Waals surface area contributed by atoms with E-state index in [9.17, 15) is 18.0 Å². The number of nitrogens with zero attached hydrogens (tertiary/aromatic N) is 2. The molecule has 0 radical (unpaired) electrons. The van der Waals surface area contributed by atoms with Crippen LogP contribution >= 0.6 is 0 Å². The van der Waals surface area contributed by atoms with Crippen LogP contribution in [-0.4, -0.2) is 57.6 Å². The number of aryl methyl sites for hydroxylation is 1. The summed E-state index contributed by atoms with van der Waals surface area (Å²) < 4.78 is 26.3. The molecule has 2 rings (SSSR count). The van der Waals surface area contributed by atoms with Crippen LogP contribution in [0.25, 0.3) is 0 Å². The Morgan fingerprint density at radius 2 is 1.68 bits per heavy atom. The Hall–Kier alpha value is -2.87. The Labute approximate surface area is 185 Å². The predicted octanol–water partition coefficient (Wildman–Crippen LogP) is 2.28. The number of carbonyl (C=O) groups is 2. The highest BCUT2D eigenvalue weighted by Gasteiger charge is 2.30. The maximum absolute atomic E-state index is 13.3. The third-order valence-electron chi connectivity index (χ3n) is 5.42. The number of hydrogen-bond acceptors (Lipinski definition) is 4. The number of nitrogens with one attached hydrogen (secondary N) is 1. The molecule has 0 saturated carbocycles. The molecule has 1 atom stereocenters. The second-order valence-corrected chi connectivity index (χ2v) is 9.51. The van der Waals surface area contributed by atoms with Crippen molar-refractivity contribution in [1.82, 2.24) is 10.2 Å². The van der Waals surface area contributed by atoms with Crippen molar-refractivity contribution in [2.24, 2.45) is 0 Å². The lowest BCUT2D eigenvalue weighted by molar-refractivity contribution is -0.138. The molecule has 0 bridgehead atoms. The van der Waals surface area contributed by atoms with Crippen LogP contribution in [-0.2, 0) is 26.0 Å². The lowest BCUT2D eigenvalue weighted by Gasteiger charge is -2.31.